The summed E-state index contributed by atoms with van der Waals surface area (Å²) in [6, 6.07) is 11.9. The molecule has 0 saturated heterocycles. The summed E-state index contributed by atoms with van der Waals surface area (Å²) in [4.78, 5) is 17.5. The van der Waals surface area contributed by atoms with Gasteiger partial charge in [0.15, 0.2) is 5.96 Å². The average Bonchev–Trinajstić information content (AvgIpc) is 2.65. The van der Waals surface area contributed by atoms with Crippen molar-refractivity contribution in [2.45, 2.75) is 26.2 Å². The van der Waals surface area contributed by atoms with Gasteiger partial charge in [0.05, 0.1) is 12.1 Å². The van der Waals surface area contributed by atoms with Gasteiger partial charge < -0.3 is 16.0 Å². The molecule has 0 spiro atoms. The quantitative estimate of drug-likeness (QED) is 0.344. The van der Waals surface area contributed by atoms with E-state index in [0.717, 1.165) is 23.3 Å². The number of guanidine groups is 1. The molecule has 1 amide bonds. The van der Waals surface area contributed by atoms with Crippen LogP contribution in [0.25, 0.3) is 0 Å². The van der Waals surface area contributed by atoms with E-state index >= 15 is 0 Å². The number of benzene rings is 2. The molecule has 0 heterocycles. The van der Waals surface area contributed by atoms with Crippen molar-refractivity contribution in [3.63, 3.8) is 0 Å². The molecule has 29 heavy (non-hydrogen) atoms. The van der Waals surface area contributed by atoms with Gasteiger partial charge in [-0.05, 0) is 42.3 Å². The number of aliphatic imine (C=N–C) groups is 1. The second-order valence-corrected chi connectivity index (χ2v) is 6.28. The highest BCUT2D eigenvalue weighted by Gasteiger charge is 2.29. The maximum absolute atomic E-state index is 12.7. The number of carbonyl (C=O) groups excluding carboxylic acids is 1. The van der Waals surface area contributed by atoms with Crippen LogP contribution in [0.1, 0.15) is 34.0 Å². The van der Waals surface area contributed by atoms with Gasteiger partial charge in [0, 0.05) is 25.7 Å². The molecule has 0 unspecified atom stereocenters. The summed E-state index contributed by atoms with van der Waals surface area (Å²) >= 11 is 0. The normalized spacial score (nSPS) is 11.6. The smallest absolute Gasteiger partial charge is 0.366 e. The van der Waals surface area contributed by atoms with E-state index < -0.39 is 17.6 Å². The molecule has 0 aromatic heterocycles. The summed E-state index contributed by atoms with van der Waals surface area (Å²) in [5, 5.41) is 3.16. The van der Waals surface area contributed by atoms with Crippen molar-refractivity contribution in [1.29, 1.82) is 0 Å². The van der Waals surface area contributed by atoms with Crippen LogP contribution < -0.4 is 11.1 Å². The number of nitrogens with one attached hydrogen (secondary N) is 1. The summed E-state index contributed by atoms with van der Waals surface area (Å²) in [6.45, 7) is 3.38. The van der Waals surface area contributed by atoms with Crippen molar-refractivity contribution in [2.24, 2.45) is 10.7 Å². The number of carbonyl (C=O) groups is 1. The monoisotopic (exact) mass is 520 g/mol. The topological polar surface area (TPSA) is 70.7 Å². The van der Waals surface area contributed by atoms with Crippen LogP contribution in [-0.4, -0.2) is 30.4 Å². The van der Waals surface area contributed by atoms with Crippen LogP contribution in [0.3, 0.4) is 0 Å². The molecule has 3 N–H and O–H groups in total. The fourth-order valence-electron chi connectivity index (χ4n) is 2.56. The summed E-state index contributed by atoms with van der Waals surface area (Å²) in [6.07, 6.45) is -4.34. The van der Waals surface area contributed by atoms with E-state index in [4.69, 9.17) is 5.73 Å². The Hall–Kier alpha value is -2.30. The predicted octanol–water partition coefficient (Wildman–Crippen LogP) is 4.02. The SMILES string of the molecule is CCNC(=NCc1ccc(C(N)=O)cc1)N(C)Cc1ccc(C(F)(F)F)cc1.I. The standard InChI is InChI=1S/C20H23F3N4O.HI/c1-3-25-19(26-12-14-4-8-16(9-5-14)18(24)28)27(2)13-15-6-10-17(11-7-15)20(21,22)23;/h4-11H,3,12-13H2,1-2H3,(H2,24,28)(H,25,26);1H. The summed E-state index contributed by atoms with van der Waals surface area (Å²) in [5.74, 6) is 0.140. The number of hydrogen-bond donors (Lipinski definition) is 2. The second kappa shape index (κ2) is 11.0. The molecule has 2 aromatic carbocycles. The number of nitrogens with zero attached hydrogens (tertiary/aromatic N) is 2. The molecule has 0 aliphatic carbocycles. The van der Waals surface area contributed by atoms with Gasteiger partial charge in [0.25, 0.3) is 0 Å². The second-order valence-electron chi connectivity index (χ2n) is 6.28. The van der Waals surface area contributed by atoms with Crippen LogP contribution in [0.4, 0.5) is 13.2 Å². The van der Waals surface area contributed by atoms with Crippen molar-refractivity contribution in [1.82, 2.24) is 10.2 Å². The zero-order valence-electron chi connectivity index (χ0n) is 16.2. The lowest BCUT2D eigenvalue weighted by Crippen LogP contribution is -2.38. The molecule has 0 bridgehead atoms. The van der Waals surface area contributed by atoms with Crippen LogP contribution in [0.2, 0.25) is 0 Å². The lowest BCUT2D eigenvalue weighted by atomic mass is 10.1. The minimum atomic E-state index is -4.34. The third kappa shape index (κ3) is 7.56. The Labute approximate surface area is 185 Å². The van der Waals surface area contributed by atoms with Gasteiger partial charge >= 0.3 is 6.18 Å². The largest absolute Gasteiger partial charge is 0.416 e. The number of nitrogens with two attached hydrogens (primary N) is 1. The van der Waals surface area contributed by atoms with Gasteiger partial charge in [-0.25, -0.2) is 4.99 Å². The summed E-state index contributed by atoms with van der Waals surface area (Å²) in [7, 11) is 1.81. The van der Waals surface area contributed by atoms with Crippen LogP contribution >= 0.6 is 24.0 Å². The highest BCUT2D eigenvalue weighted by Crippen LogP contribution is 2.29. The van der Waals surface area contributed by atoms with E-state index in [9.17, 15) is 18.0 Å². The number of alkyl halides is 3. The molecule has 9 heteroatoms. The summed E-state index contributed by atoms with van der Waals surface area (Å²) < 4.78 is 38.0. The molecule has 0 fully saturated rings. The Morgan fingerprint density at radius 3 is 2.10 bits per heavy atom. The third-order valence-electron chi connectivity index (χ3n) is 4.05. The lowest BCUT2D eigenvalue weighted by Gasteiger charge is -2.22. The van der Waals surface area contributed by atoms with Crippen molar-refractivity contribution in [3.8, 4) is 0 Å². The van der Waals surface area contributed by atoms with Gasteiger partial charge in [0.2, 0.25) is 5.91 Å². The first kappa shape index (κ1) is 24.7. The number of halogens is 4. The van der Waals surface area contributed by atoms with Gasteiger partial charge in [-0.3, -0.25) is 4.79 Å². The van der Waals surface area contributed by atoms with E-state index in [1.807, 2.05) is 18.9 Å². The maximum atomic E-state index is 12.7. The van der Waals surface area contributed by atoms with Crippen LogP contribution in [0.15, 0.2) is 53.5 Å². The molecule has 0 saturated carbocycles. The van der Waals surface area contributed by atoms with Crippen molar-refractivity contribution in [3.05, 3.63) is 70.8 Å². The van der Waals surface area contributed by atoms with Crippen molar-refractivity contribution >= 4 is 35.8 Å². The number of amides is 1. The first-order valence-electron chi connectivity index (χ1n) is 8.75. The number of hydrogen-bond acceptors (Lipinski definition) is 2. The Kier molecular flexibility index (Phi) is 9.41. The van der Waals surface area contributed by atoms with Gasteiger partial charge in [-0.2, -0.15) is 13.2 Å². The lowest BCUT2D eigenvalue weighted by molar-refractivity contribution is -0.137. The first-order valence-corrected chi connectivity index (χ1v) is 8.75. The molecule has 0 radical (unpaired) electrons. The molecule has 5 nitrogen and oxygen atoms in total. The Morgan fingerprint density at radius 2 is 1.62 bits per heavy atom. The predicted molar refractivity (Wildman–Crippen MR) is 118 cm³/mol. The Balaban J connectivity index is 0.00000420. The molecule has 0 aliphatic rings. The van der Waals surface area contributed by atoms with E-state index in [1.165, 1.54) is 12.1 Å². The van der Waals surface area contributed by atoms with E-state index in [1.54, 1.807) is 24.3 Å². The Bertz CT molecular complexity index is 821. The molecular formula is C20H24F3IN4O. The fraction of sp³-hybridized carbons (Fsp3) is 0.300. The van der Waals surface area contributed by atoms with Gasteiger partial charge in [0.1, 0.15) is 0 Å². The average molecular weight is 520 g/mol. The molecule has 2 rings (SSSR count). The molecule has 2 aromatic rings. The molecule has 0 aliphatic heterocycles. The first-order chi connectivity index (χ1) is 13.2. The van der Waals surface area contributed by atoms with E-state index in [-0.39, 0.29) is 24.0 Å². The minimum absolute atomic E-state index is 0. The maximum Gasteiger partial charge on any atom is 0.416 e. The highest BCUT2D eigenvalue weighted by atomic mass is 127. The van der Waals surface area contributed by atoms with Crippen LogP contribution in [0.5, 0.6) is 0 Å². The van der Waals surface area contributed by atoms with Gasteiger partial charge in [-0.1, -0.05) is 24.3 Å². The molecule has 0 atom stereocenters. The number of rotatable bonds is 6. The van der Waals surface area contributed by atoms with Crippen LogP contribution in [0, 0.1) is 0 Å². The third-order valence-corrected chi connectivity index (χ3v) is 4.05. The van der Waals surface area contributed by atoms with Gasteiger partial charge in [-0.15, -0.1) is 24.0 Å². The van der Waals surface area contributed by atoms with Crippen LogP contribution in [-0.2, 0) is 19.3 Å². The van der Waals surface area contributed by atoms with Crippen molar-refractivity contribution in [2.75, 3.05) is 13.6 Å². The fourth-order valence-corrected chi connectivity index (χ4v) is 2.56. The Morgan fingerprint density at radius 1 is 1.07 bits per heavy atom. The van der Waals surface area contributed by atoms with E-state index in [2.05, 4.69) is 10.3 Å². The molecular weight excluding hydrogens is 496 g/mol. The zero-order chi connectivity index (χ0) is 20.7. The highest BCUT2D eigenvalue weighted by molar-refractivity contribution is 14.0. The van der Waals surface area contributed by atoms with E-state index in [0.29, 0.717) is 31.2 Å². The zero-order valence-corrected chi connectivity index (χ0v) is 18.5. The minimum Gasteiger partial charge on any atom is -0.366 e. The summed E-state index contributed by atoms with van der Waals surface area (Å²) in [5.41, 5.74) is 6.64. The van der Waals surface area contributed by atoms with Crippen molar-refractivity contribution < 1.29 is 18.0 Å². The number of primary amides is 1. The molecule has 158 valence electrons.